The summed E-state index contributed by atoms with van der Waals surface area (Å²) in [6, 6.07) is 9.82. The van der Waals surface area contributed by atoms with Crippen molar-refractivity contribution in [3.8, 4) is 0 Å². The maximum Gasteiger partial charge on any atom is 0.0133 e. The summed E-state index contributed by atoms with van der Waals surface area (Å²) in [5.74, 6) is 1.80. The van der Waals surface area contributed by atoms with Gasteiger partial charge in [-0.3, -0.25) is 0 Å². The van der Waals surface area contributed by atoms with Crippen molar-refractivity contribution in [2.75, 3.05) is 7.05 Å². The molecule has 18 heavy (non-hydrogen) atoms. The van der Waals surface area contributed by atoms with E-state index >= 15 is 0 Å². The monoisotopic (exact) mass is 245 g/mol. The van der Waals surface area contributed by atoms with Gasteiger partial charge in [-0.25, -0.2) is 0 Å². The van der Waals surface area contributed by atoms with E-state index in [-0.39, 0.29) is 0 Å². The second kappa shape index (κ2) is 6.38. The van der Waals surface area contributed by atoms with E-state index in [0.29, 0.717) is 6.04 Å². The van der Waals surface area contributed by atoms with E-state index in [2.05, 4.69) is 50.5 Å². The summed E-state index contributed by atoms with van der Waals surface area (Å²) in [5.41, 5.74) is 2.92. The van der Waals surface area contributed by atoms with E-state index in [1.807, 2.05) is 0 Å². The summed E-state index contributed by atoms with van der Waals surface area (Å²) in [6.45, 7) is 4.61. The van der Waals surface area contributed by atoms with Gasteiger partial charge in [0.05, 0.1) is 0 Å². The molecule has 1 aromatic rings. The van der Waals surface area contributed by atoms with Crippen LogP contribution in [0.1, 0.15) is 44.2 Å². The Morgan fingerprint density at radius 3 is 2.33 bits per heavy atom. The van der Waals surface area contributed by atoms with Crippen LogP contribution in [-0.2, 0) is 12.8 Å². The molecule has 0 spiro atoms. The molecule has 0 heterocycles. The molecule has 1 heteroatoms. The van der Waals surface area contributed by atoms with Gasteiger partial charge in [-0.15, -0.1) is 0 Å². The lowest BCUT2D eigenvalue weighted by molar-refractivity contribution is 0.367. The SMILES string of the molecule is CCc1ccc(CC(NC)C2CCC(C)C2)cc1. The molecule has 1 aliphatic carbocycles. The topological polar surface area (TPSA) is 12.0 Å². The minimum absolute atomic E-state index is 0.655. The zero-order valence-electron chi connectivity index (χ0n) is 12.1. The Labute approximate surface area is 112 Å². The van der Waals surface area contributed by atoms with Crippen LogP contribution >= 0.6 is 0 Å². The molecule has 3 atom stereocenters. The molecule has 1 fully saturated rings. The molecule has 1 aliphatic rings. The summed E-state index contributed by atoms with van der Waals surface area (Å²) in [5, 5.41) is 3.54. The van der Waals surface area contributed by atoms with Crippen LogP contribution < -0.4 is 5.32 Å². The number of hydrogen-bond acceptors (Lipinski definition) is 1. The predicted molar refractivity (Wildman–Crippen MR) is 78.9 cm³/mol. The van der Waals surface area contributed by atoms with E-state index in [4.69, 9.17) is 0 Å². The highest BCUT2D eigenvalue weighted by Gasteiger charge is 2.27. The Kier molecular flexibility index (Phi) is 4.82. The summed E-state index contributed by atoms with van der Waals surface area (Å²) in [7, 11) is 2.12. The predicted octanol–water partition coefficient (Wildman–Crippen LogP) is 3.82. The van der Waals surface area contributed by atoms with Crippen molar-refractivity contribution < 1.29 is 0 Å². The van der Waals surface area contributed by atoms with E-state index in [1.54, 1.807) is 0 Å². The minimum Gasteiger partial charge on any atom is -0.316 e. The van der Waals surface area contributed by atoms with Gasteiger partial charge in [0, 0.05) is 6.04 Å². The smallest absolute Gasteiger partial charge is 0.0133 e. The summed E-state index contributed by atoms with van der Waals surface area (Å²) in [6.07, 6.45) is 6.53. The highest BCUT2D eigenvalue weighted by atomic mass is 14.9. The van der Waals surface area contributed by atoms with Gasteiger partial charge in [0.1, 0.15) is 0 Å². The molecule has 0 radical (unpaired) electrons. The Morgan fingerprint density at radius 2 is 1.83 bits per heavy atom. The van der Waals surface area contributed by atoms with Gasteiger partial charge < -0.3 is 5.32 Å². The molecular weight excluding hydrogens is 218 g/mol. The number of benzene rings is 1. The van der Waals surface area contributed by atoms with Crippen molar-refractivity contribution in [1.29, 1.82) is 0 Å². The van der Waals surface area contributed by atoms with Crippen molar-refractivity contribution in [2.45, 2.75) is 52.0 Å². The van der Waals surface area contributed by atoms with Gasteiger partial charge in [-0.05, 0) is 55.7 Å². The molecule has 100 valence electrons. The van der Waals surface area contributed by atoms with Gasteiger partial charge in [0.2, 0.25) is 0 Å². The number of hydrogen-bond donors (Lipinski definition) is 1. The quantitative estimate of drug-likeness (QED) is 0.831. The third-order valence-corrected chi connectivity index (χ3v) is 4.56. The van der Waals surface area contributed by atoms with E-state index < -0.39 is 0 Å². The molecule has 1 nitrogen and oxygen atoms in total. The summed E-state index contributed by atoms with van der Waals surface area (Å²) >= 11 is 0. The molecule has 2 rings (SSSR count). The standard InChI is InChI=1S/C17H27N/c1-4-14-6-8-15(9-7-14)12-17(18-3)16-10-5-13(2)11-16/h6-9,13,16-18H,4-5,10-12H2,1-3H3. The van der Waals surface area contributed by atoms with E-state index in [1.165, 1.54) is 36.8 Å². The first-order valence-corrected chi connectivity index (χ1v) is 7.48. The average molecular weight is 245 g/mol. The lowest BCUT2D eigenvalue weighted by atomic mass is 9.91. The van der Waals surface area contributed by atoms with Gasteiger partial charge in [-0.2, -0.15) is 0 Å². The molecule has 1 N–H and O–H groups in total. The number of nitrogens with one attached hydrogen (secondary N) is 1. The highest BCUT2D eigenvalue weighted by Crippen LogP contribution is 2.33. The molecule has 0 saturated heterocycles. The zero-order chi connectivity index (χ0) is 13.0. The third-order valence-electron chi connectivity index (χ3n) is 4.56. The second-order valence-electron chi connectivity index (χ2n) is 5.95. The fraction of sp³-hybridized carbons (Fsp3) is 0.647. The van der Waals surface area contributed by atoms with Crippen molar-refractivity contribution in [1.82, 2.24) is 5.32 Å². The van der Waals surface area contributed by atoms with Crippen molar-refractivity contribution >= 4 is 0 Å². The lowest BCUT2D eigenvalue weighted by Crippen LogP contribution is -2.34. The third kappa shape index (κ3) is 3.35. The Balaban J connectivity index is 1.96. The molecule has 0 aromatic heterocycles. The second-order valence-corrected chi connectivity index (χ2v) is 5.95. The summed E-state index contributed by atoms with van der Waals surface area (Å²) in [4.78, 5) is 0. The van der Waals surface area contributed by atoms with Crippen LogP contribution in [0, 0.1) is 11.8 Å². The van der Waals surface area contributed by atoms with E-state index in [9.17, 15) is 0 Å². The maximum atomic E-state index is 3.54. The lowest BCUT2D eigenvalue weighted by Gasteiger charge is -2.23. The van der Waals surface area contributed by atoms with Crippen molar-refractivity contribution in [3.63, 3.8) is 0 Å². The molecule has 0 amide bonds. The maximum absolute atomic E-state index is 3.54. The summed E-state index contributed by atoms with van der Waals surface area (Å²) < 4.78 is 0. The van der Waals surface area contributed by atoms with Crippen LogP contribution in [0.4, 0.5) is 0 Å². The molecule has 3 unspecified atom stereocenters. The highest BCUT2D eigenvalue weighted by molar-refractivity contribution is 5.23. The van der Waals surface area contributed by atoms with Crippen LogP contribution in [0.5, 0.6) is 0 Å². The molecule has 1 aromatic carbocycles. The van der Waals surface area contributed by atoms with Crippen LogP contribution in [0.25, 0.3) is 0 Å². The Bertz CT molecular complexity index is 354. The van der Waals surface area contributed by atoms with Gasteiger partial charge in [0.15, 0.2) is 0 Å². The Hall–Kier alpha value is -0.820. The van der Waals surface area contributed by atoms with Gasteiger partial charge >= 0.3 is 0 Å². The first-order valence-electron chi connectivity index (χ1n) is 7.48. The van der Waals surface area contributed by atoms with Crippen molar-refractivity contribution in [2.24, 2.45) is 11.8 Å². The van der Waals surface area contributed by atoms with Crippen LogP contribution in [-0.4, -0.2) is 13.1 Å². The molecule has 0 aliphatic heterocycles. The number of aryl methyl sites for hydroxylation is 1. The van der Waals surface area contributed by atoms with Crippen LogP contribution in [0.2, 0.25) is 0 Å². The van der Waals surface area contributed by atoms with Crippen LogP contribution in [0.15, 0.2) is 24.3 Å². The van der Waals surface area contributed by atoms with E-state index in [0.717, 1.165) is 18.3 Å². The zero-order valence-corrected chi connectivity index (χ0v) is 12.1. The van der Waals surface area contributed by atoms with Gasteiger partial charge in [-0.1, -0.05) is 44.5 Å². The Morgan fingerprint density at radius 1 is 1.17 bits per heavy atom. The fourth-order valence-corrected chi connectivity index (χ4v) is 3.29. The fourth-order valence-electron chi connectivity index (χ4n) is 3.29. The first-order chi connectivity index (χ1) is 8.72. The number of likely N-dealkylation sites (N-methyl/N-ethyl adjacent to an activating group) is 1. The van der Waals surface area contributed by atoms with Gasteiger partial charge in [0.25, 0.3) is 0 Å². The van der Waals surface area contributed by atoms with Crippen molar-refractivity contribution in [3.05, 3.63) is 35.4 Å². The average Bonchev–Trinajstić information content (AvgIpc) is 2.83. The minimum atomic E-state index is 0.655. The molecule has 1 saturated carbocycles. The molecule has 0 bridgehead atoms. The largest absolute Gasteiger partial charge is 0.316 e. The number of rotatable bonds is 5. The van der Waals surface area contributed by atoms with Crippen LogP contribution in [0.3, 0.4) is 0 Å². The molecular formula is C17H27N. The first kappa shape index (κ1) is 13.6. The normalized spacial score (nSPS) is 25.3.